The van der Waals surface area contributed by atoms with Crippen LogP contribution in [0.5, 0.6) is 0 Å². The van der Waals surface area contributed by atoms with E-state index in [1.165, 1.54) is 14.8 Å². The van der Waals surface area contributed by atoms with Gasteiger partial charge < -0.3 is 21.1 Å². The average Bonchev–Trinajstić information content (AvgIpc) is 2.90. The maximum absolute atomic E-state index is 12.7. The summed E-state index contributed by atoms with van der Waals surface area (Å²) in [4.78, 5) is 14.0. The van der Waals surface area contributed by atoms with Crippen molar-refractivity contribution in [2.24, 2.45) is 11.7 Å². The van der Waals surface area contributed by atoms with Crippen LogP contribution in [0.15, 0.2) is 12.4 Å². The van der Waals surface area contributed by atoms with Crippen molar-refractivity contribution < 1.29 is 18.3 Å². The lowest BCUT2D eigenvalue weighted by Gasteiger charge is -2.29. The fourth-order valence-corrected chi connectivity index (χ4v) is 4.72. The van der Waals surface area contributed by atoms with Crippen LogP contribution in [-0.2, 0) is 15.0 Å². The molecule has 1 saturated heterocycles. The van der Waals surface area contributed by atoms with Crippen LogP contribution in [0.1, 0.15) is 33.1 Å². The van der Waals surface area contributed by atoms with Gasteiger partial charge in [0.1, 0.15) is 6.67 Å². The number of nitrogens with one attached hydrogen (secondary N) is 1. The molecule has 9 nitrogen and oxygen atoms in total. The number of nitrogens with two attached hydrogens (primary N) is 1. The summed E-state index contributed by atoms with van der Waals surface area (Å²) in [7, 11) is -1.91. The van der Waals surface area contributed by atoms with Crippen LogP contribution in [0.25, 0.3) is 0 Å². The van der Waals surface area contributed by atoms with E-state index in [0.29, 0.717) is 31.7 Å². The number of β-amino-alcohol motifs (C(OH)–C–C–N with tert-alkyl or cyclic N) is 1. The van der Waals surface area contributed by atoms with Crippen molar-refractivity contribution >= 4 is 16.1 Å². The van der Waals surface area contributed by atoms with E-state index in [1.54, 1.807) is 18.1 Å². The second-order valence-corrected chi connectivity index (χ2v) is 9.39. The molecule has 0 aromatic carbocycles. The van der Waals surface area contributed by atoms with Crippen LogP contribution < -0.4 is 11.1 Å². The van der Waals surface area contributed by atoms with Gasteiger partial charge in [-0.1, -0.05) is 13.8 Å². The van der Waals surface area contributed by atoms with Crippen molar-refractivity contribution in [3.8, 4) is 0 Å². The summed E-state index contributed by atoms with van der Waals surface area (Å²) >= 11 is 0. The Bertz CT molecular complexity index is 624. The predicted molar refractivity (Wildman–Crippen MR) is 98.7 cm³/mol. The smallest absolute Gasteiger partial charge is 0.305 e. The van der Waals surface area contributed by atoms with Crippen LogP contribution in [0, 0.1) is 5.92 Å². The first-order chi connectivity index (χ1) is 12.1. The zero-order valence-corrected chi connectivity index (χ0v) is 16.5. The van der Waals surface area contributed by atoms with Crippen molar-refractivity contribution in [2.45, 2.75) is 51.3 Å². The molecule has 0 aliphatic carbocycles. The van der Waals surface area contributed by atoms with Crippen LogP contribution in [-0.4, -0.2) is 77.9 Å². The Balaban J connectivity index is 1.98. The standard InChI is InChI=1S/C16H31N5O4S/c1-12(2)9-13(17)16(23)18-14-5-4-6-20(10-15(14)22)26(24,25)21-8-7-19(3)11-21/h7-8,12-15,22H,4-6,9-11,17H2,1-3H3,(H,18,23)/t13-,14?,15?/m0/s1. The van der Waals surface area contributed by atoms with E-state index >= 15 is 0 Å². The lowest BCUT2D eigenvalue weighted by Crippen LogP contribution is -2.52. The summed E-state index contributed by atoms with van der Waals surface area (Å²) in [5.41, 5.74) is 5.89. The highest BCUT2D eigenvalue weighted by molar-refractivity contribution is 7.86. The molecule has 3 atom stereocenters. The van der Waals surface area contributed by atoms with Gasteiger partial charge in [-0.3, -0.25) is 4.79 Å². The number of amides is 1. The summed E-state index contributed by atoms with van der Waals surface area (Å²) in [6, 6.07) is -1.13. The van der Waals surface area contributed by atoms with Gasteiger partial charge in [0.15, 0.2) is 0 Å². The topological polar surface area (TPSA) is 119 Å². The van der Waals surface area contributed by atoms with Crippen LogP contribution in [0.3, 0.4) is 0 Å². The average molecular weight is 390 g/mol. The van der Waals surface area contributed by atoms with E-state index in [1.807, 2.05) is 13.8 Å². The van der Waals surface area contributed by atoms with Gasteiger partial charge >= 0.3 is 10.2 Å². The number of carbonyl (C=O) groups excluding carboxylic acids is 1. The summed E-state index contributed by atoms with van der Waals surface area (Å²) < 4.78 is 28.0. The largest absolute Gasteiger partial charge is 0.390 e. The molecular weight excluding hydrogens is 358 g/mol. The molecule has 2 heterocycles. The van der Waals surface area contributed by atoms with Gasteiger partial charge in [0.2, 0.25) is 5.91 Å². The fraction of sp³-hybridized carbons (Fsp3) is 0.812. The van der Waals surface area contributed by atoms with Gasteiger partial charge in [0, 0.05) is 32.5 Å². The Kier molecular flexibility index (Phi) is 6.89. The van der Waals surface area contributed by atoms with E-state index in [4.69, 9.17) is 5.73 Å². The molecule has 0 radical (unpaired) electrons. The zero-order chi connectivity index (χ0) is 19.5. The Hall–Kier alpha value is -1.36. The molecule has 26 heavy (non-hydrogen) atoms. The van der Waals surface area contributed by atoms with E-state index in [-0.39, 0.29) is 19.1 Å². The maximum atomic E-state index is 12.7. The summed E-state index contributed by atoms with van der Waals surface area (Å²) in [5.74, 6) is -0.00903. The molecule has 0 bridgehead atoms. The number of rotatable bonds is 6. The van der Waals surface area contributed by atoms with Crippen molar-refractivity contribution in [3.05, 3.63) is 12.4 Å². The third kappa shape index (κ3) is 5.09. The minimum absolute atomic E-state index is 0.0548. The van der Waals surface area contributed by atoms with Crippen molar-refractivity contribution in [1.29, 1.82) is 0 Å². The molecule has 2 rings (SSSR count). The van der Waals surface area contributed by atoms with Gasteiger partial charge in [-0.15, -0.1) is 0 Å². The Morgan fingerprint density at radius 3 is 2.65 bits per heavy atom. The fourth-order valence-electron chi connectivity index (χ4n) is 3.19. The second-order valence-electron chi connectivity index (χ2n) is 7.51. The lowest BCUT2D eigenvalue weighted by atomic mass is 10.0. The molecule has 4 N–H and O–H groups in total. The maximum Gasteiger partial charge on any atom is 0.305 e. The molecule has 0 spiro atoms. The first kappa shape index (κ1) is 20.9. The number of hydrogen-bond donors (Lipinski definition) is 3. The summed E-state index contributed by atoms with van der Waals surface area (Å²) in [6.07, 6.45) is 3.83. The number of carbonyl (C=O) groups is 1. The highest BCUT2D eigenvalue weighted by Crippen LogP contribution is 2.20. The van der Waals surface area contributed by atoms with E-state index in [9.17, 15) is 18.3 Å². The molecule has 10 heteroatoms. The predicted octanol–water partition coefficient (Wildman–Crippen LogP) is -0.778. The minimum atomic E-state index is -3.69. The number of hydrogen-bond acceptors (Lipinski definition) is 6. The molecule has 2 aliphatic heterocycles. The van der Waals surface area contributed by atoms with Crippen LogP contribution in [0.4, 0.5) is 0 Å². The van der Waals surface area contributed by atoms with Crippen molar-refractivity contribution in [3.63, 3.8) is 0 Å². The SMILES string of the molecule is CC(C)C[C@H](N)C(=O)NC1CCCN(S(=O)(=O)N2C=CN(C)C2)CC1O. The van der Waals surface area contributed by atoms with Crippen LogP contribution in [0.2, 0.25) is 0 Å². The van der Waals surface area contributed by atoms with Crippen molar-refractivity contribution in [2.75, 3.05) is 26.8 Å². The Morgan fingerprint density at radius 2 is 2.08 bits per heavy atom. The van der Waals surface area contributed by atoms with Gasteiger partial charge in [-0.2, -0.15) is 12.7 Å². The highest BCUT2D eigenvalue weighted by atomic mass is 32.2. The normalized spacial score (nSPS) is 26.2. The lowest BCUT2D eigenvalue weighted by molar-refractivity contribution is -0.124. The molecule has 2 unspecified atom stereocenters. The minimum Gasteiger partial charge on any atom is -0.390 e. The first-order valence-electron chi connectivity index (χ1n) is 9.00. The Morgan fingerprint density at radius 1 is 1.38 bits per heavy atom. The summed E-state index contributed by atoms with van der Waals surface area (Å²) in [6.45, 7) is 4.47. The van der Waals surface area contributed by atoms with Gasteiger partial charge in [-0.05, 0) is 25.2 Å². The zero-order valence-electron chi connectivity index (χ0n) is 15.7. The third-order valence-electron chi connectivity index (χ3n) is 4.64. The van der Waals surface area contributed by atoms with Crippen molar-refractivity contribution in [1.82, 2.24) is 18.8 Å². The van der Waals surface area contributed by atoms with Gasteiger partial charge in [-0.25, -0.2) is 4.31 Å². The van der Waals surface area contributed by atoms with E-state index in [0.717, 1.165) is 0 Å². The quantitative estimate of drug-likeness (QED) is 0.548. The number of nitrogens with zero attached hydrogens (tertiary/aromatic N) is 3. The van der Waals surface area contributed by atoms with E-state index < -0.39 is 28.4 Å². The molecule has 0 saturated carbocycles. The second kappa shape index (κ2) is 8.55. The molecular formula is C16H31N5O4S. The molecule has 1 amide bonds. The summed E-state index contributed by atoms with van der Waals surface area (Å²) in [5, 5.41) is 13.3. The molecule has 0 aromatic heterocycles. The van der Waals surface area contributed by atoms with Gasteiger partial charge in [0.05, 0.1) is 18.2 Å². The third-order valence-corrected chi connectivity index (χ3v) is 6.45. The monoisotopic (exact) mass is 389 g/mol. The van der Waals surface area contributed by atoms with Gasteiger partial charge in [0.25, 0.3) is 0 Å². The van der Waals surface area contributed by atoms with Crippen LogP contribution >= 0.6 is 0 Å². The molecule has 2 aliphatic rings. The molecule has 150 valence electrons. The highest BCUT2D eigenvalue weighted by Gasteiger charge is 2.36. The first-order valence-corrected chi connectivity index (χ1v) is 10.4. The Labute approximate surface area is 156 Å². The molecule has 0 aromatic rings. The molecule has 1 fully saturated rings. The number of aliphatic hydroxyl groups is 1. The number of aliphatic hydroxyl groups excluding tert-OH is 1. The van der Waals surface area contributed by atoms with E-state index in [2.05, 4.69) is 5.32 Å².